The Hall–Kier alpha value is -7.98. The van der Waals surface area contributed by atoms with E-state index >= 15 is 0 Å². The first-order valence-electron chi connectivity index (χ1n) is 22.1. The standard InChI is InChI=1S/C61H38N2S/c1-2-14-39(15-3-1)40-28-33-43(34-29-40)62(57-26-13-20-50-48-18-6-11-27-58(48)64-60(50)57)44-35-30-41(31-36-44)42-32-37-46-45-16-4-7-21-51(45)61(54(46)38-42)52-22-8-10-25-56(52)63-55-24-9-5-17-47(55)49-19-12-23-53(61)59(49)63/h1-38H. The van der Waals surface area contributed by atoms with E-state index in [0.717, 1.165) is 11.4 Å². The summed E-state index contributed by atoms with van der Waals surface area (Å²) in [6.07, 6.45) is 0. The Bertz CT molecular complexity index is 3840. The third-order valence-corrected chi connectivity index (χ3v) is 15.2. The number of para-hydroxylation sites is 3. The molecule has 0 radical (unpaired) electrons. The van der Waals surface area contributed by atoms with E-state index in [9.17, 15) is 0 Å². The summed E-state index contributed by atoms with van der Waals surface area (Å²) in [6, 6.07) is 85.7. The van der Waals surface area contributed by atoms with Gasteiger partial charge in [0.05, 0.1) is 32.5 Å². The van der Waals surface area contributed by atoms with Crippen LogP contribution in [0.4, 0.5) is 17.1 Å². The van der Waals surface area contributed by atoms with Gasteiger partial charge in [-0.15, -0.1) is 11.3 Å². The Balaban J connectivity index is 0.944. The SMILES string of the molecule is c1ccc(-c2ccc(N(c3ccc(-c4ccc5c(c4)C4(c6ccccc6-5)c5ccccc5-n5c6ccccc6c6cccc4c65)cc3)c3cccc4c3sc3ccccc34)cc2)cc1. The molecule has 0 saturated heterocycles. The van der Waals surface area contributed by atoms with Crippen molar-refractivity contribution in [3.63, 3.8) is 0 Å². The highest BCUT2D eigenvalue weighted by atomic mass is 32.1. The van der Waals surface area contributed by atoms with Crippen molar-refractivity contribution in [2.75, 3.05) is 4.90 Å². The molecule has 64 heavy (non-hydrogen) atoms. The quantitative estimate of drug-likeness (QED) is 0.168. The predicted octanol–water partition coefficient (Wildman–Crippen LogP) is 16.6. The lowest BCUT2D eigenvalue weighted by molar-refractivity contribution is 0.749. The predicted molar refractivity (Wildman–Crippen MR) is 270 cm³/mol. The lowest BCUT2D eigenvalue weighted by atomic mass is 9.65. The minimum absolute atomic E-state index is 0.492. The second-order valence-electron chi connectivity index (χ2n) is 17.2. The minimum Gasteiger partial charge on any atom is -0.309 e. The Labute approximate surface area is 375 Å². The van der Waals surface area contributed by atoms with Crippen molar-refractivity contribution in [2.24, 2.45) is 0 Å². The van der Waals surface area contributed by atoms with Crippen molar-refractivity contribution in [1.29, 1.82) is 0 Å². The van der Waals surface area contributed by atoms with Gasteiger partial charge in [0.1, 0.15) is 0 Å². The maximum absolute atomic E-state index is 2.52. The van der Waals surface area contributed by atoms with E-state index in [0.29, 0.717) is 0 Å². The zero-order valence-electron chi connectivity index (χ0n) is 34.7. The van der Waals surface area contributed by atoms with Crippen molar-refractivity contribution in [3.8, 4) is 39.1 Å². The smallest absolute Gasteiger partial charge is 0.0754 e. The number of thiophene rings is 1. The summed E-state index contributed by atoms with van der Waals surface area (Å²) in [6.45, 7) is 0. The first-order valence-corrected chi connectivity index (χ1v) is 22.9. The van der Waals surface area contributed by atoms with Crippen LogP contribution < -0.4 is 4.90 Å². The van der Waals surface area contributed by atoms with E-state index in [4.69, 9.17) is 0 Å². The van der Waals surface area contributed by atoms with Gasteiger partial charge >= 0.3 is 0 Å². The van der Waals surface area contributed by atoms with Crippen LogP contribution in [0, 0.1) is 0 Å². The maximum Gasteiger partial charge on any atom is 0.0754 e. The summed E-state index contributed by atoms with van der Waals surface area (Å²) < 4.78 is 5.10. The molecular weight excluding hydrogens is 793 g/mol. The molecule has 3 heterocycles. The Kier molecular flexibility index (Phi) is 7.51. The van der Waals surface area contributed by atoms with E-state index in [1.54, 1.807) is 0 Å². The number of nitrogens with zero attached hydrogens (tertiary/aromatic N) is 2. The highest BCUT2D eigenvalue weighted by Crippen LogP contribution is 2.61. The van der Waals surface area contributed by atoms with Crippen LogP contribution in [0.25, 0.3) is 81.0 Å². The summed E-state index contributed by atoms with van der Waals surface area (Å²) in [5, 5.41) is 5.17. The topological polar surface area (TPSA) is 8.17 Å². The van der Waals surface area contributed by atoms with Gasteiger partial charge in [-0.3, -0.25) is 0 Å². The number of hydrogen-bond donors (Lipinski definition) is 0. The highest BCUT2D eigenvalue weighted by molar-refractivity contribution is 7.26. The number of anilines is 3. The third-order valence-electron chi connectivity index (χ3n) is 14.0. The molecule has 12 aromatic rings. The van der Waals surface area contributed by atoms with Crippen LogP contribution in [-0.2, 0) is 5.41 Å². The van der Waals surface area contributed by atoms with Gasteiger partial charge < -0.3 is 9.47 Å². The van der Waals surface area contributed by atoms with Crippen molar-refractivity contribution in [3.05, 3.63) is 253 Å². The molecule has 1 aliphatic heterocycles. The lowest BCUT2D eigenvalue weighted by Gasteiger charge is -2.39. The van der Waals surface area contributed by atoms with E-state index in [2.05, 4.69) is 240 Å². The van der Waals surface area contributed by atoms with Gasteiger partial charge in [0.2, 0.25) is 0 Å². The Morgan fingerprint density at radius 3 is 1.78 bits per heavy atom. The van der Waals surface area contributed by atoms with Crippen LogP contribution >= 0.6 is 11.3 Å². The first kappa shape index (κ1) is 35.6. The molecule has 298 valence electrons. The number of rotatable bonds is 5. The molecule has 2 aliphatic rings. The van der Waals surface area contributed by atoms with Crippen LogP contribution in [-0.4, -0.2) is 4.57 Å². The van der Waals surface area contributed by atoms with E-state index in [1.165, 1.54) is 109 Å². The van der Waals surface area contributed by atoms with Gasteiger partial charge in [0.25, 0.3) is 0 Å². The second-order valence-corrected chi connectivity index (χ2v) is 18.2. The molecule has 3 heteroatoms. The largest absolute Gasteiger partial charge is 0.309 e. The molecule has 1 spiro atoms. The summed E-state index contributed by atoms with van der Waals surface area (Å²) in [5.74, 6) is 0. The first-order chi connectivity index (χ1) is 31.8. The summed E-state index contributed by atoms with van der Waals surface area (Å²) >= 11 is 1.87. The fourth-order valence-corrected chi connectivity index (χ4v) is 12.5. The van der Waals surface area contributed by atoms with Crippen LogP contribution in [0.1, 0.15) is 22.3 Å². The van der Waals surface area contributed by atoms with Gasteiger partial charge in [0, 0.05) is 37.6 Å². The van der Waals surface area contributed by atoms with E-state index in [1.807, 2.05) is 11.3 Å². The van der Waals surface area contributed by atoms with Crippen LogP contribution in [0.2, 0.25) is 0 Å². The molecule has 0 amide bonds. The average Bonchev–Trinajstić information content (AvgIpc) is 4.02. The van der Waals surface area contributed by atoms with Gasteiger partial charge in [-0.05, 0) is 110 Å². The molecule has 2 aromatic heterocycles. The second kappa shape index (κ2) is 13.5. The third kappa shape index (κ3) is 4.85. The van der Waals surface area contributed by atoms with Crippen molar-refractivity contribution < 1.29 is 0 Å². The van der Waals surface area contributed by atoms with E-state index < -0.39 is 5.41 Å². The fourth-order valence-electron chi connectivity index (χ4n) is 11.3. The van der Waals surface area contributed by atoms with Crippen molar-refractivity contribution >= 4 is 70.4 Å². The number of aromatic nitrogens is 1. The van der Waals surface area contributed by atoms with Crippen LogP contribution in [0.5, 0.6) is 0 Å². The lowest BCUT2D eigenvalue weighted by Crippen LogP contribution is -2.33. The highest BCUT2D eigenvalue weighted by Gasteiger charge is 2.50. The summed E-state index contributed by atoms with van der Waals surface area (Å²) in [4.78, 5) is 2.43. The monoisotopic (exact) mass is 830 g/mol. The van der Waals surface area contributed by atoms with Gasteiger partial charge in [-0.2, -0.15) is 0 Å². The zero-order valence-corrected chi connectivity index (χ0v) is 35.6. The zero-order chi connectivity index (χ0) is 41.9. The van der Waals surface area contributed by atoms with Crippen molar-refractivity contribution in [1.82, 2.24) is 4.57 Å². The number of fused-ring (bicyclic) bond motifs is 15. The van der Waals surface area contributed by atoms with Crippen molar-refractivity contribution in [2.45, 2.75) is 5.41 Å². The maximum atomic E-state index is 2.52. The summed E-state index contributed by atoms with van der Waals surface area (Å²) in [5.41, 5.74) is 19.5. The molecule has 0 fully saturated rings. The normalized spacial score (nSPS) is 14.6. The Morgan fingerprint density at radius 1 is 0.375 bits per heavy atom. The number of hydrogen-bond acceptors (Lipinski definition) is 2. The molecule has 0 bridgehead atoms. The fraction of sp³-hybridized carbons (Fsp3) is 0.0164. The van der Waals surface area contributed by atoms with Crippen LogP contribution in [0.3, 0.4) is 0 Å². The molecule has 1 atom stereocenters. The molecule has 14 rings (SSSR count). The van der Waals surface area contributed by atoms with Crippen LogP contribution in [0.15, 0.2) is 231 Å². The molecular formula is C61H38N2S. The minimum atomic E-state index is -0.492. The molecule has 10 aromatic carbocycles. The van der Waals surface area contributed by atoms with Gasteiger partial charge in [0.15, 0.2) is 0 Å². The molecule has 0 N–H and O–H groups in total. The summed E-state index contributed by atoms with van der Waals surface area (Å²) in [7, 11) is 0. The van der Waals surface area contributed by atoms with Gasteiger partial charge in [-0.25, -0.2) is 0 Å². The molecule has 2 nitrogen and oxygen atoms in total. The van der Waals surface area contributed by atoms with Gasteiger partial charge in [-0.1, -0.05) is 176 Å². The molecule has 0 saturated carbocycles. The average molecular weight is 831 g/mol. The Morgan fingerprint density at radius 2 is 0.953 bits per heavy atom. The molecule has 1 unspecified atom stereocenters. The number of benzene rings is 10. The van der Waals surface area contributed by atoms with E-state index in [-0.39, 0.29) is 0 Å². The molecule has 1 aliphatic carbocycles.